The number of rotatable bonds is 6. The van der Waals surface area contributed by atoms with Crippen molar-refractivity contribution in [3.05, 3.63) is 65.2 Å². The average Bonchev–Trinajstić information content (AvgIpc) is 3.37. The first-order valence-corrected chi connectivity index (χ1v) is 9.08. The van der Waals surface area contributed by atoms with Crippen molar-refractivity contribution in [2.24, 2.45) is 0 Å². The second-order valence-electron chi connectivity index (χ2n) is 6.52. The van der Waals surface area contributed by atoms with Crippen LogP contribution in [0.3, 0.4) is 0 Å². The number of hydrogen-bond donors (Lipinski definition) is 1. The van der Waals surface area contributed by atoms with Crippen molar-refractivity contribution >= 4 is 5.91 Å². The number of aryl methyl sites for hydroxylation is 1. The van der Waals surface area contributed by atoms with Crippen LogP contribution in [0.25, 0.3) is 0 Å². The third-order valence-corrected chi connectivity index (χ3v) is 4.42. The molecule has 1 fully saturated rings. The number of ether oxygens (including phenoxy) is 1. The number of hydrogen-bond acceptors (Lipinski definition) is 2. The minimum atomic E-state index is -0.0614. The first kappa shape index (κ1) is 19.0. The first-order valence-electron chi connectivity index (χ1n) is 9.08. The largest absolute Gasteiger partial charge is 0.497 e. The van der Waals surface area contributed by atoms with E-state index in [1.807, 2.05) is 56.3 Å². The van der Waals surface area contributed by atoms with Crippen molar-refractivity contribution in [2.75, 3.05) is 7.11 Å². The van der Waals surface area contributed by atoms with Crippen molar-refractivity contribution in [1.82, 2.24) is 5.32 Å². The number of nitrogens with one attached hydrogen (secondary N) is 1. The summed E-state index contributed by atoms with van der Waals surface area (Å²) in [5.74, 6) is 0.971. The van der Waals surface area contributed by atoms with Crippen LogP contribution in [0, 0.1) is 6.92 Å². The van der Waals surface area contributed by atoms with Gasteiger partial charge in [0.1, 0.15) is 5.75 Å². The van der Waals surface area contributed by atoms with E-state index in [4.69, 9.17) is 4.74 Å². The predicted molar refractivity (Wildman–Crippen MR) is 103 cm³/mol. The first-order chi connectivity index (χ1) is 12.1. The highest BCUT2D eigenvalue weighted by Gasteiger charge is 2.43. The van der Waals surface area contributed by atoms with Crippen LogP contribution in [0.2, 0.25) is 0 Å². The summed E-state index contributed by atoms with van der Waals surface area (Å²) in [6.45, 7) is 6.05. The van der Waals surface area contributed by atoms with E-state index in [1.165, 1.54) is 11.1 Å². The molecule has 0 spiro atoms. The van der Waals surface area contributed by atoms with E-state index in [0.717, 1.165) is 30.6 Å². The maximum atomic E-state index is 12.3. The van der Waals surface area contributed by atoms with Gasteiger partial charge in [-0.2, -0.15) is 0 Å². The van der Waals surface area contributed by atoms with E-state index in [-0.39, 0.29) is 11.4 Å². The number of methoxy groups -OCH3 is 1. The molecule has 3 rings (SSSR count). The quantitative estimate of drug-likeness (QED) is 0.843. The summed E-state index contributed by atoms with van der Waals surface area (Å²) < 4.78 is 5.27. The Kier molecular flexibility index (Phi) is 6.63. The van der Waals surface area contributed by atoms with Gasteiger partial charge in [0.05, 0.1) is 13.5 Å². The Bertz CT molecular complexity index is 687. The van der Waals surface area contributed by atoms with Crippen molar-refractivity contribution in [1.29, 1.82) is 0 Å². The molecule has 1 aliphatic rings. The molecule has 0 heterocycles. The van der Waals surface area contributed by atoms with Gasteiger partial charge >= 0.3 is 0 Å². The molecule has 0 saturated heterocycles. The molecular weight excluding hydrogens is 310 g/mol. The van der Waals surface area contributed by atoms with Gasteiger partial charge in [-0.3, -0.25) is 4.79 Å². The molecule has 0 bridgehead atoms. The Labute approximate surface area is 151 Å². The minimum Gasteiger partial charge on any atom is -0.497 e. The van der Waals surface area contributed by atoms with Gasteiger partial charge in [-0.1, -0.05) is 55.8 Å². The molecule has 0 unspecified atom stereocenters. The van der Waals surface area contributed by atoms with E-state index in [0.29, 0.717) is 6.42 Å². The highest BCUT2D eigenvalue weighted by Crippen LogP contribution is 2.39. The van der Waals surface area contributed by atoms with Crippen LogP contribution in [-0.4, -0.2) is 18.6 Å². The smallest absolute Gasteiger partial charge is 0.224 e. The summed E-state index contributed by atoms with van der Waals surface area (Å²) in [6, 6.07) is 16.2. The van der Waals surface area contributed by atoms with Gasteiger partial charge in [0.25, 0.3) is 0 Å². The minimum absolute atomic E-state index is 0.0614. The van der Waals surface area contributed by atoms with Gasteiger partial charge in [0.15, 0.2) is 0 Å². The topological polar surface area (TPSA) is 38.3 Å². The van der Waals surface area contributed by atoms with Gasteiger partial charge in [0.2, 0.25) is 5.91 Å². The molecule has 1 amide bonds. The van der Waals surface area contributed by atoms with Crippen LogP contribution in [-0.2, 0) is 17.6 Å². The number of carbonyl (C=O) groups is 1. The fourth-order valence-electron chi connectivity index (χ4n) is 2.90. The van der Waals surface area contributed by atoms with Crippen LogP contribution < -0.4 is 10.1 Å². The number of benzene rings is 2. The average molecular weight is 339 g/mol. The van der Waals surface area contributed by atoms with Crippen molar-refractivity contribution < 1.29 is 9.53 Å². The van der Waals surface area contributed by atoms with Crippen LogP contribution in [0.4, 0.5) is 0 Å². The Morgan fingerprint density at radius 2 is 1.76 bits per heavy atom. The lowest BCUT2D eigenvalue weighted by Gasteiger charge is -2.18. The lowest BCUT2D eigenvalue weighted by atomic mass is 10.0. The zero-order chi connectivity index (χ0) is 18.3. The predicted octanol–water partition coefficient (Wildman–Crippen LogP) is 4.46. The zero-order valence-corrected chi connectivity index (χ0v) is 15.8. The fraction of sp³-hybridized carbons (Fsp3) is 0.409. The van der Waals surface area contributed by atoms with E-state index in [1.54, 1.807) is 7.11 Å². The molecule has 2 aromatic rings. The number of amides is 1. The molecule has 134 valence electrons. The molecule has 1 aliphatic carbocycles. The molecule has 1 saturated carbocycles. The summed E-state index contributed by atoms with van der Waals surface area (Å²) in [4.78, 5) is 12.3. The summed E-state index contributed by atoms with van der Waals surface area (Å²) >= 11 is 0. The Morgan fingerprint density at radius 1 is 1.08 bits per heavy atom. The van der Waals surface area contributed by atoms with Crippen LogP contribution in [0.1, 0.15) is 43.4 Å². The Morgan fingerprint density at radius 3 is 2.36 bits per heavy atom. The van der Waals surface area contributed by atoms with Gasteiger partial charge in [-0.05, 0) is 49.4 Å². The van der Waals surface area contributed by atoms with E-state index in [9.17, 15) is 4.79 Å². The fourth-order valence-corrected chi connectivity index (χ4v) is 2.90. The lowest BCUT2D eigenvalue weighted by Crippen LogP contribution is -2.39. The van der Waals surface area contributed by atoms with Crippen molar-refractivity contribution in [3.63, 3.8) is 0 Å². The molecule has 0 atom stereocenters. The standard InChI is InChI=1S/C20H23NO2.C2H6/c1-15-6-8-16(9-7-15)13-19(22)21-20(10-11-20)14-17-4-3-5-18(12-17)23-2;1-2/h3-9,12H,10-11,13-14H2,1-2H3,(H,21,22);1-2H3. The zero-order valence-electron chi connectivity index (χ0n) is 15.8. The summed E-state index contributed by atoms with van der Waals surface area (Å²) in [5.41, 5.74) is 3.42. The van der Waals surface area contributed by atoms with Gasteiger partial charge in [-0.15, -0.1) is 0 Å². The van der Waals surface area contributed by atoms with Crippen LogP contribution in [0.15, 0.2) is 48.5 Å². The van der Waals surface area contributed by atoms with E-state index < -0.39 is 0 Å². The van der Waals surface area contributed by atoms with Crippen molar-refractivity contribution in [3.8, 4) is 5.75 Å². The summed E-state index contributed by atoms with van der Waals surface area (Å²) in [6.07, 6.45) is 3.40. The third-order valence-electron chi connectivity index (χ3n) is 4.42. The Balaban J connectivity index is 0.00000109. The highest BCUT2D eigenvalue weighted by molar-refractivity contribution is 5.79. The molecule has 3 heteroatoms. The molecule has 25 heavy (non-hydrogen) atoms. The maximum absolute atomic E-state index is 12.3. The van der Waals surface area contributed by atoms with Crippen molar-refractivity contribution in [2.45, 2.75) is 52.0 Å². The van der Waals surface area contributed by atoms with Gasteiger partial charge in [0, 0.05) is 5.54 Å². The molecule has 0 aromatic heterocycles. The molecule has 3 nitrogen and oxygen atoms in total. The summed E-state index contributed by atoms with van der Waals surface area (Å²) in [5, 5.41) is 3.24. The van der Waals surface area contributed by atoms with E-state index >= 15 is 0 Å². The normalized spacial score (nSPS) is 14.1. The second-order valence-corrected chi connectivity index (χ2v) is 6.52. The van der Waals surface area contributed by atoms with E-state index in [2.05, 4.69) is 18.3 Å². The lowest BCUT2D eigenvalue weighted by molar-refractivity contribution is -0.121. The maximum Gasteiger partial charge on any atom is 0.224 e. The Hall–Kier alpha value is -2.29. The number of carbonyl (C=O) groups excluding carboxylic acids is 1. The van der Waals surface area contributed by atoms with Crippen LogP contribution >= 0.6 is 0 Å². The monoisotopic (exact) mass is 339 g/mol. The van der Waals surface area contributed by atoms with Crippen LogP contribution in [0.5, 0.6) is 5.75 Å². The second kappa shape index (κ2) is 8.70. The third kappa shape index (κ3) is 5.63. The SMILES string of the molecule is CC.COc1cccc(CC2(NC(=O)Cc3ccc(C)cc3)CC2)c1. The molecule has 0 radical (unpaired) electrons. The molecule has 1 N–H and O–H groups in total. The molecular formula is C22H29NO2. The summed E-state index contributed by atoms with van der Waals surface area (Å²) in [7, 11) is 1.68. The highest BCUT2D eigenvalue weighted by atomic mass is 16.5. The molecule has 2 aromatic carbocycles. The molecule has 0 aliphatic heterocycles. The van der Waals surface area contributed by atoms with Gasteiger partial charge < -0.3 is 10.1 Å². The van der Waals surface area contributed by atoms with Gasteiger partial charge in [-0.25, -0.2) is 0 Å².